The van der Waals surface area contributed by atoms with Crippen molar-refractivity contribution in [2.45, 2.75) is 32.5 Å². The van der Waals surface area contributed by atoms with Gasteiger partial charge in [-0.1, -0.05) is 29.8 Å². The molecule has 1 saturated heterocycles. The monoisotopic (exact) mass is 518 g/mol. The highest BCUT2D eigenvalue weighted by atomic mass is 35.5. The number of benzene rings is 2. The van der Waals surface area contributed by atoms with E-state index in [0.29, 0.717) is 22.4 Å². The molecular weight excluding hydrogens is 492 g/mol. The Morgan fingerprint density at radius 3 is 2.56 bits per heavy atom. The lowest BCUT2D eigenvalue weighted by Gasteiger charge is -2.28. The predicted octanol–water partition coefficient (Wildman–Crippen LogP) is 6.03. The SMILES string of the molecule is COc1ccc(CN2C(=S)N[C@@H](c3ccccn3)[C@@H]2c2cc(C)n(-c3cc(Cl)ccc3O)c2C)cc1. The van der Waals surface area contributed by atoms with Crippen LogP contribution in [0.4, 0.5) is 0 Å². The first kappa shape index (κ1) is 24.2. The number of thiocarbonyl (C=S) groups is 1. The molecule has 36 heavy (non-hydrogen) atoms. The van der Waals surface area contributed by atoms with Crippen molar-refractivity contribution in [3.8, 4) is 17.2 Å². The van der Waals surface area contributed by atoms with Crippen molar-refractivity contribution < 1.29 is 9.84 Å². The van der Waals surface area contributed by atoms with Crippen molar-refractivity contribution in [3.05, 3.63) is 106 Å². The summed E-state index contributed by atoms with van der Waals surface area (Å²) in [6.45, 7) is 4.71. The van der Waals surface area contributed by atoms with Crippen molar-refractivity contribution >= 4 is 28.9 Å². The smallest absolute Gasteiger partial charge is 0.170 e. The number of ether oxygens (including phenoxy) is 1. The van der Waals surface area contributed by atoms with Crippen LogP contribution in [0.15, 0.2) is 72.9 Å². The van der Waals surface area contributed by atoms with Gasteiger partial charge in [-0.05, 0) is 85.7 Å². The molecule has 1 fully saturated rings. The molecule has 0 radical (unpaired) electrons. The van der Waals surface area contributed by atoms with Crippen molar-refractivity contribution in [1.82, 2.24) is 19.8 Å². The summed E-state index contributed by atoms with van der Waals surface area (Å²) >= 11 is 12.1. The zero-order chi connectivity index (χ0) is 25.4. The molecule has 2 N–H and O–H groups in total. The van der Waals surface area contributed by atoms with E-state index in [2.05, 4.69) is 40.3 Å². The van der Waals surface area contributed by atoms with Gasteiger partial charge in [0.05, 0.1) is 30.6 Å². The maximum atomic E-state index is 10.6. The fraction of sp³-hybridized carbons (Fsp3) is 0.214. The topological polar surface area (TPSA) is 62.5 Å². The van der Waals surface area contributed by atoms with E-state index in [1.54, 1.807) is 31.5 Å². The van der Waals surface area contributed by atoms with Gasteiger partial charge >= 0.3 is 0 Å². The fourth-order valence-electron chi connectivity index (χ4n) is 4.98. The van der Waals surface area contributed by atoms with Crippen LogP contribution in [0.1, 0.15) is 40.3 Å². The van der Waals surface area contributed by atoms with E-state index >= 15 is 0 Å². The number of aromatic hydroxyl groups is 1. The first-order valence-corrected chi connectivity index (χ1v) is 12.4. The Labute approximate surface area is 221 Å². The highest BCUT2D eigenvalue weighted by Gasteiger charge is 2.41. The van der Waals surface area contributed by atoms with Crippen molar-refractivity contribution in [1.29, 1.82) is 0 Å². The summed E-state index contributed by atoms with van der Waals surface area (Å²) in [4.78, 5) is 6.86. The highest BCUT2D eigenvalue weighted by Crippen LogP contribution is 2.43. The average molecular weight is 519 g/mol. The molecule has 1 aliphatic rings. The van der Waals surface area contributed by atoms with Crippen LogP contribution >= 0.6 is 23.8 Å². The summed E-state index contributed by atoms with van der Waals surface area (Å²) in [6, 6.07) is 20.9. The van der Waals surface area contributed by atoms with Crippen LogP contribution in [-0.4, -0.2) is 31.8 Å². The maximum Gasteiger partial charge on any atom is 0.170 e. The Morgan fingerprint density at radius 2 is 1.86 bits per heavy atom. The quantitative estimate of drug-likeness (QED) is 0.304. The number of phenols is 1. The number of hydrogen-bond acceptors (Lipinski definition) is 4. The van der Waals surface area contributed by atoms with Gasteiger partial charge in [0.25, 0.3) is 0 Å². The summed E-state index contributed by atoms with van der Waals surface area (Å²) in [6.07, 6.45) is 1.80. The van der Waals surface area contributed by atoms with Crippen LogP contribution in [0.5, 0.6) is 11.5 Å². The highest BCUT2D eigenvalue weighted by molar-refractivity contribution is 7.80. The zero-order valence-corrected chi connectivity index (χ0v) is 21.8. The summed E-state index contributed by atoms with van der Waals surface area (Å²) in [5.41, 5.74) is 5.77. The number of halogens is 1. The van der Waals surface area contributed by atoms with Crippen LogP contribution < -0.4 is 10.1 Å². The molecule has 3 heterocycles. The molecule has 2 aromatic carbocycles. The Kier molecular flexibility index (Phi) is 6.60. The van der Waals surface area contributed by atoms with E-state index in [-0.39, 0.29) is 17.8 Å². The van der Waals surface area contributed by atoms with E-state index in [1.165, 1.54) is 0 Å². The molecule has 0 unspecified atom stereocenters. The molecule has 2 atom stereocenters. The number of hydrogen-bond donors (Lipinski definition) is 2. The van der Waals surface area contributed by atoms with Crippen LogP contribution in [0.3, 0.4) is 0 Å². The van der Waals surface area contributed by atoms with Gasteiger partial charge in [-0.3, -0.25) is 4.98 Å². The number of aromatic nitrogens is 2. The van der Waals surface area contributed by atoms with E-state index in [0.717, 1.165) is 34.0 Å². The third kappa shape index (κ3) is 4.40. The van der Waals surface area contributed by atoms with Gasteiger partial charge < -0.3 is 24.6 Å². The molecule has 1 aliphatic heterocycles. The Morgan fingerprint density at radius 1 is 1.08 bits per heavy atom. The lowest BCUT2D eigenvalue weighted by atomic mass is 9.96. The summed E-state index contributed by atoms with van der Waals surface area (Å²) < 4.78 is 7.37. The number of nitrogens with zero attached hydrogens (tertiary/aromatic N) is 3. The average Bonchev–Trinajstić information content (AvgIpc) is 3.36. The summed E-state index contributed by atoms with van der Waals surface area (Å²) in [5, 5.41) is 15.4. The standard InChI is InChI=1S/C28H27ClN4O2S/c1-17-14-22(18(2)33(17)24-15-20(29)9-12-25(24)34)27-26(23-6-4-5-13-30-23)31-28(36)32(27)16-19-7-10-21(35-3)11-8-19/h4-15,26-27,34H,16H2,1-3H3,(H,31,36)/t26-,27-/m0/s1. The zero-order valence-electron chi connectivity index (χ0n) is 20.3. The molecule has 8 heteroatoms. The van der Waals surface area contributed by atoms with Crippen LogP contribution in [0, 0.1) is 13.8 Å². The third-order valence-electron chi connectivity index (χ3n) is 6.68. The molecule has 4 aromatic rings. The number of aryl methyl sites for hydroxylation is 1. The Balaban J connectivity index is 1.61. The van der Waals surface area contributed by atoms with Gasteiger partial charge in [-0.25, -0.2) is 0 Å². The number of methoxy groups -OCH3 is 1. The van der Waals surface area contributed by atoms with E-state index in [1.807, 2.05) is 41.8 Å². The second-order valence-corrected chi connectivity index (χ2v) is 9.72. The molecule has 0 bridgehead atoms. The first-order valence-electron chi connectivity index (χ1n) is 11.7. The molecule has 2 aromatic heterocycles. The van der Waals surface area contributed by atoms with Crippen LogP contribution in [0.25, 0.3) is 5.69 Å². The lowest BCUT2D eigenvalue weighted by Crippen LogP contribution is -2.29. The predicted molar refractivity (Wildman–Crippen MR) is 146 cm³/mol. The van der Waals surface area contributed by atoms with Crippen molar-refractivity contribution in [3.63, 3.8) is 0 Å². The fourth-order valence-corrected chi connectivity index (χ4v) is 5.45. The first-order chi connectivity index (χ1) is 17.4. The van der Waals surface area contributed by atoms with Gasteiger partial charge in [0.15, 0.2) is 5.11 Å². The minimum absolute atomic E-state index is 0.115. The molecule has 0 saturated carbocycles. The number of rotatable bonds is 6. The normalized spacial score (nSPS) is 17.3. The Bertz CT molecular complexity index is 1410. The molecular formula is C28H27ClN4O2S. The van der Waals surface area contributed by atoms with Gasteiger partial charge in [0, 0.05) is 29.2 Å². The van der Waals surface area contributed by atoms with Crippen LogP contribution in [-0.2, 0) is 6.54 Å². The van der Waals surface area contributed by atoms with E-state index < -0.39 is 0 Å². The molecule has 0 amide bonds. The number of pyridine rings is 1. The molecule has 0 aliphatic carbocycles. The minimum atomic E-state index is -0.140. The molecule has 5 rings (SSSR count). The minimum Gasteiger partial charge on any atom is -0.506 e. The van der Waals surface area contributed by atoms with Crippen LogP contribution in [0.2, 0.25) is 5.02 Å². The molecule has 184 valence electrons. The number of nitrogens with one attached hydrogen (secondary N) is 1. The summed E-state index contributed by atoms with van der Waals surface area (Å²) in [7, 11) is 1.66. The second kappa shape index (κ2) is 9.84. The van der Waals surface area contributed by atoms with E-state index in [4.69, 9.17) is 28.6 Å². The van der Waals surface area contributed by atoms with Gasteiger partial charge in [-0.15, -0.1) is 0 Å². The molecule has 6 nitrogen and oxygen atoms in total. The second-order valence-electron chi connectivity index (χ2n) is 8.90. The van der Waals surface area contributed by atoms with Crippen molar-refractivity contribution in [2.75, 3.05) is 7.11 Å². The maximum absolute atomic E-state index is 10.6. The third-order valence-corrected chi connectivity index (χ3v) is 7.26. The Hall–Kier alpha value is -3.55. The largest absolute Gasteiger partial charge is 0.506 e. The van der Waals surface area contributed by atoms with Gasteiger partial charge in [0.1, 0.15) is 11.5 Å². The van der Waals surface area contributed by atoms with Gasteiger partial charge in [0.2, 0.25) is 0 Å². The van der Waals surface area contributed by atoms with E-state index in [9.17, 15) is 5.11 Å². The van der Waals surface area contributed by atoms with Gasteiger partial charge in [-0.2, -0.15) is 0 Å². The lowest BCUT2D eigenvalue weighted by molar-refractivity contribution is 0.310. The summed E-state index contributed by atoms with van der Waals surface area (Å²) in [5.74, 6) is 0.984. The van der Waals surface area contributed by atoms with Crippen molar-refractivity contribution in [2.24, 2.45) is 0 Å². The molecule has 0 spiro atoms. The number of phenolic OH excluding ortho intramolecular Hbond substituents is 1.